The Hall–Kier alpha value is -2.64. The van der Waals surface area contributed by atoms with Crippen molar-refractivity contribution >= 4 is 11.7 Å². The molecule has 0 saturated heterocycles. The zero-order chi connectivity index (χ0) is 15.2. The van der Waals surface area contributed by atoms with Gasteiger partial charge in [0.15, 0.2) is 0 Å². The third-order valence-corrected chi connectivity index (χ3v) is 3.14. The molecule has 0 atom stereocenters. The lowest BCUT2D eigenvalue weighted by atomic mass is 10.0. The molecule has 0 aliphatic rings. The lowest BCUT2D eigenvalue weighted by molar-refractivity contribution is 0.102. The van der Waals surface area contributed by atoms with Gasteiger partial charge in [-0.05, 0) is 49.1 Å². The number of carbonyl (C=O) groups is 1. The van der Waals surface area contributed by atoms with Gasteiger partial charge in [0.05, 0.1) is 0 Å². The molecule has 0 unspecified atom stereocenters. The Bertz CT molecular complexity index is 727. The van der Waals surface area contributed by atoms with E-state index >= 15 is 0 Å². The standard InChI is InChI=1S/C17H16N2O2/c1-12-6-3-9-15(13(12)2)17(21)19-16-10-4-7-14(18-16)8-5-11-20/h3-4,6-7,9-10,20H,11H2,1-2H3,(H,18,19,21). The Labute approximate surface area is 123 Å². The van der Waals surface area contributed by atoms with Crippen molar-refractivity contribution in [1.82, 2.24) is 4.98 Å². The van der Waals surface area contributed by atoms with Crippen LogP contribution < -0.4 is 5.32 Å². The summed E-state index contributed by atoms with van der Waals surface area (Å²) in [4.78, 5) is 16.5. The first kappa shape index (κ1) is 14.8. The minimum Gasteiger partial charge on any atom is -0.384 e. The third-order valence-electron chi connectivity index (χ3n) is 3.14. The average Bonchev–Trinajstić information content (AvgIpc) is 2.48. The van der Waals surface area contributed by atoms with Crippen LogP contribution in [0.3, 0.4) is 0 Å². The minimum atomic E-state index is -0.221. The molecule has 4 nitrogen and oxygen atoms in total. The number of pyridine rings is 1. The van der Waals surface area contributed by atoms with Crippen molar-refractivity contribution in [3.63, 3.8) is 0 Å². The van der Waals surface area contributed by atoms with Crippen LogP contribution in [-0.2, 0) is 0 Å². The van der Waals surface area contributed by atoms with Crippen molar-refractivity contribution in [2.45, 2.75) is 13.8 Å². The molecular weight excluding hydrogens is 264 g/mol. The highest BCUT2D eigenvalue weighted by Gasteiger charge is 2.10. The monoisotopic (exact) mass is 280 g/mol. The molecule has 2 rings (SSSR count). The molecule has 2 aromatic rings. The van der Waals surface area contributed by atoms with Crippen LogP contribution in [0.25, 0.3) is 0 Å². The second-order valence-corrected chi connectivity index (χ2v) is 4.57. The van der Waals surface area contributed by atoms with Gasteiger partial charge in [-0.3, -0.25) is 4.79 Å². The summed E-state index contributed by atoms with van der Waals surface area (Å²) >= 11 is 0. The maximum absolute atomic E-state index is 12.3. The second kappa shape index (κ2) is 6.69. The Morgan fingerprint density at radius 2 is 2.00 bits per heavy atom. The van der Waals surface area contributed by atoms with Crippen LogP contribution in [0.15, 0.2) is 36.4 Å². The van der Waals surface area contributed by atoms with E-state index in [2.05, 4.69) is 22.1 Å². The summed E-state index contributed by atoms with van der Waals surface area (Å²) in [5, 5.41) is 11.4. The fourth-order valence-electron chi connectivity index (χ4n) is 1.88. The Kier molecular flexibility index (Phi) is 4.70. The average molecular weight is 280 g/mol. The van der Waals surface area contributed by atoms with Gasteiger partial charge in [0, 0.05) is 5.56 Å². The van der Waals surface area contributed by atoms with Gasteiger partial charge in [-0.1, -0.05) is 24.1 Å². The van der Waals surface area contributed by atoms with Gasteiger partial charge in [-0.25, -0.2) is 4.98 Å². The number of rotatable bonds is 2. The molecule has 106 valence electrons. The van der Waals surface area contributed by atoms with Crippen molar-refractivity contribution in [3.05, 3.63) is 58.8 Å². The first-order valence-electron chi connectivity index (χ1n) is 6.56. The van der Waals surface area contributed by atoms with Crippen molar-refractivity contribution in [2.24, 2.45) is 0 Å². The van der Waals surface area contributed by atoms with Crippen LogP contribution in [0.4, 0.5) is 5.82 Å². The molecule has 1 amide bonds. The molecule has 0 fully saturated rings. The van der Waals surface area contributed by atoms with Crippen molar-refractivity contribution in [2.75, 3.05) is 11.9 Å². The summed E-state index contributed by atoms with van der Waals surface area (Å²) in [6.07, 6.45) is 0. The first-order valence-corrected chi connectivity index (χ1v) is 6.56. The number of nitrogens with zero attached hydrogens (tertiary/aromatic N) is 1. The van der Waals surface area contributed by atoms with Crippen LogP contribution in [0.2, 0.25) is 0 Å². The number of hydrogen-bond acceptors (Lipinski definition) is 3. The van der Waals surface area contributed by atoms with Gasteiger partial charge in [0.25, 0.3) is 5.91 Å². The number of benzene rings is 1. The summed E-state index contributed by atoms with van der Waals surface area (Å²) in [6.45, 7) is 3.66. The maximum Gasteiger partial charge on any atom is 0.257 e. The molecule has 1 aromatic heterocycles. The van der Waals surface area contributed by atoms with Crippen LogP contribution in [0.5, 0.6) is 0 Å². The maximum atomic E-state index is 12.3. The molecule has 0 aliphatic heterocycles. The van der Waals surface area contributed by atoms with Gasteiger partial charge in [0.2, 0.25) is 0 Å². The molecule has 1 aromatic carbocycles. The highest BCUT2D eigenvalue weighted by Crippen LogP contribution is 2.14. The molecule has 0 spiro atoms. The van der Waals surface area contributed by atoms with E-state index in [0.29, 0.717) is 17.1 Å². The van der Waals surface area contributed by atoms with E-state index < -0.39 is 0 Å². The van der Waals surface area contributed by atoms with E-state index in [1.54, 1.807) is 24.3 Å². The zero-order valence-electron chi connectivity index (χ0n) is 12.0. The van der Waals surface area contributed by atoms with Gasteiger partial charge in [-0.2, -0.15) is 0 Å². The van der Waals surface area contributed by atoms with E-state index in [4.69, 9.17) is 5.11 Å². The lowest BCUT2D eigenvalue weighted by Crippen LogP contribution is -2.15. The lowest BCUT2D eigenvalue weighted by Gasteiger charge is -2.09. The first-order chi connectivity index (χ1) is 10.1. The highest BCUT2D eigenvalue weighted by molar-refractivity contribution is 6.05. The number of anilines is 1. The van der Waals surface area contributed by atoms with E-state index in [-0.39, 0.29) is 12.5 Å². The topological polar surface area (TPSA) is 62.2 Å². The molecule has 0 aliphatic carbocycles. The molecular formula is C17H16N2O2. The molecule has 4 heteroatoms. The number of carbonyl (C=O) groups excluding carboxylic acids is 1. The summed E-state index contributed by atoms with van der Waals surface area (Å²) in [5.74, 6) is 5.47. The fourth-order valence-corrected chi connectivity index (χ4v) is 1.88. The van der Waals surface area contributed by atoms with E-state index in [1.807, 2.05) is 26.0 Å². The van der Waals surface area contributed by atoms with E-state index in [9.17, 15) is 4.79 Å². The predicted octanol–water partition coefficient (Wildman–Crippen LogP) is 2.29. The van der Waals surface area contributed by atoms with Gasteiger partial charge < -0.3 is 10.4 Å². The number of aliphatic hydroxyl groups is 1. The third kappa shape index (κ3) is 3.68. The number of aryl methyl sites for hydroxylation is 1. The Morgan fingerprint density at radius 3 is 2.76 bits per heavy atom. The molecule has 2 N–H and O–H groups in total. The number of hydrogen-bond donors (Lipinski definition) is 2. The quantitative estimate of drug-likeness (QED) is 0.830. The summed E-state index contributed by atoms with van der Waals surface area (Å²) in [6, 6.07) is 10.8. The number of aromatic nitrogens is 1. The normalized spacial score (nSPS) is 9.67. The van der Waals surface area contributed by atoms with Gasteiger partial charge in [0.1, 0.15) is 18.1 Å². The van der Waals surface area contributed by atoms with Crippen LogP contribution in [-0.4, -0.2) is 22.6 Å². The molecule has 0 bridgehead atoms. The van der Waals surface area contributed by atoms with Crippen LogP contribution in [0.1, 0.15) is 27.2 Å². The smallest absolute Gasteiger partial charge is 0.257 e. The molecule has 0 radical (unpaired) electrons. The summed E-state index contributed by atoms with van der Waals surface area (Å²) in [5.41, 5.74) is 3.15. The van der Waals surface area contributed by atoms with E-state index in [1.165, 1.54) is 0 Å². The largest absolute Gasteiger partial charge is 0.384 e. The van der Waals surface area contributed by atoms with Gasteiger partial charge in [-0.15, -0.1) is 0 Å². The molecule has 1 heterocycles. The zero-order valence-corrected chi connectivity index (χ0v) is 12.0. The minimum absolute atomic E-state index is 0.198. The van der Waals surface area contributed by atoms with Crippen LogP contribution >= 0.6 is 0 Å². The molecule has 21 heavy (non-hydrogen) atoms. The SMILES string of the molecule is Cc1cccc(C(=O)Nc2cccc(C#CCO)n2)c1C. The predicted molar refractivity (Wildman–Crippen MR) is 82.1 cm³/mol. The van der Waals surface area contributed by atoms with Gasteiger partial charge >= 0.3 is 0 Å². The fraction of sp³-hybridized carbons (Fsp3) is 0.176. The summed E-state index contributed by atoms with van der Waals surface area (Å²) in [7, 11) is 0. The van der Waals surface area contributed by atoms with Crippen molar-refractivity contribution < 1.29 is 9.90 Å². The Morgan fingerprint density at radius 1 is 1.24 bits per heavy atom. The van der Waals surface area contributed by atoms with Crippen molar-refractivity contribution in [3.8, 4) is 11.8 Å². The van der Waals surface area contributed by atoms with E-state index in [0.717, 1.165) is 11.1 Å². The van der Waals surface area contributed by atoms with Crippen molar-refractivity contribution in [1.29, 1.82) is 0 Å². The number of nitrogens with one attached hydrogen (secondary N) is 1. The summed E-state index contributed by atoms with van der Waals surface area (Å²) < 4.78 is 0. The molecule has 0 saturated carbocycles. The number of amides is 1. The second-order valence-electron chi connectivity index (χ2n) is 4.57. The van der Waals surface area contributed by atoms with Crippen LogP contribution in [0, 0.1) is 25.7 Å². The number of aliphatic hydroxyl groups excluding tert-OH is 1. The highest BCUT2D eigenvalue weighted by atomic mass is 16.2. The Balaban J connectivity index is 2.22.